The van der Waals surface area contributed by atoms with E-state index >= 15 is 0 Å². The zero-order valence-electron chi connectivity index (χ0n) is 7.23. The van der Waals surface area contributed by atoms with Gasteiger partial charge in [0.15, 0.2) is 0 Å². The van der Waals surface area contributed by atoms with Crippen LogP contribution >= 0.6 is 0 Å². The van der Waals surface area contributed by atoms with Crippen molar-refractivity contribution in [1.82, 2.24) is 0 Å². The van der Waals surface area contributed by atoms with Crippen LogP contribution in [0.15, 0.2) is 24.3 Å². The van der Waals surface area contributed by atoms with E-state index in [0.717, 1.165) is 5.56 Å². The molecule has 0 aromatic heterocycles. The normalized spacial score (nSPS) is 11.2. The van der Waals surface area contributed by atoms with Gasteiger partial charge in [0.25, 0.3) is 0 Å². The Labute approximate surface area is 82.1 Å². The maximum atomic E-state index is 5.41. The number of benzene rings is 1. The van der Waals surface area contributed by atoms with E-state index in [0.29, 0.717) is 12.3 Å². The van der Waals surface area contributed by atoms with Crippen molar-refractivity contribution in [2.24, 2.45) is 5.73 Å². The maximum Gasteiger partial charge on any atom is 0.116 e. The van der Waals surface area contributed by atoms with E-state index in [4.69, 9.17) is 34.0 Å². The predicted octanol–water partition coefficient (Wildman–Crippen LogP) is -0.359. The smallest absolute Gasteiger partial charge is 0.116 e. The first-order valence-corrected chi connectivity index (χ1v) is 3.86. The molecule has 0 aliphatic heterocycles. The Morgan fingerprint density at radius 3 is 2.08 bits per heavy atom. The topological polar surface area (TPSA) is 35.2 Å². The van der Waals surface area contributed by atoms with E-state index in [1.807, 2.05) is 12.1 Å². The molecule has 0 saturated carbocycles. The van der Waals surface area contributed by atoms with Crippen molar-refractivity contribution in [1.29, 1.82) is 0 Å². The molecule has 2 nitrogen and oxygen atoms in total. The third-order valence-electron chi connectivity index (χ3n) is 1.45. The van der Waals surface area contributed by atoms with E-state index in [2.05, 4.69) is 0 Å². The molecular weight excluding hydrogens is 159 g/mol. The SMILES string of the molecule is [B]C([B])([B])Oc1ccc(CN)cc1. The van der Waals surface area contributed by atoms with Crippen molar-refractivity contribution in [3.05, 3.63) is 29.8 Å². The van der Waals surface area contributed by atoms with Crippen molar-refractivity contribution >= 4 is 23.5 Å². The van der Waals surface area contributed by atoms with Crippen LogP contribution in [0.4, 0.5) is 0 Å². The molecule has 0 unspecified atom stereocenters. The molecule has 1 aromatic carbocycles. The van der Waals surface area contributed by atoms with Gasteiger partial charge in [-0.15, -0.1) is 0 Å². The van der Waals surface area contributed by atoms with Crippen LogP contribution < -0.4 is 10.5 Å². The van der Waals surface area contributed by atoms with Gasteiger partial charge >= 0.3 is 0 Å². The molecule has 0 heterocycles. The molecular formula is C8H8B3NO. The first kappa shape index (κ1) is 10.3. The molecule has 2 N–H and O–H groups in total. The van der Waals surface area contributed by atoms with Gasteiger partial charge in [-0.1, -0.05) is 12.1 Å². The van der Waals surface area contributed by atoms with Crippen LogP contribution in [0, 0.1) is 0 Å². The van der Waals surface area contributed by atoms with Gasteiger partial charge in [-0.25, -0.2) is 0 Å². The van der Waals surface area contributed by atoms with Crippen LogP contribution in [0.3, 0.4) is 0 Å². The zero-order chi connectivity index (χ0) is 9.90. The molecule has 13 heavy (non-hydrogen) atoms. The molecule has 0 spiro atoms. The minimum atomic E-state index is -1.63. The molecule has 0 aliphatic carbocycles. The zero-order valence-corrected chi connectivity index (χ0v) is 7.23. The molecule has 0 fully saturated rings. The molecule has 0 atom stereocenters. The number of hydrogen-bond acceptors (Lipinski definition) is 2. The second-order valence-electron chi connectivity index (χ2n) is 2.80. The molecule has 1 aromatic rings. The van der Waals surface area contributed by atoms with Crippen LogP contribution in [0.2, 0.25) is 0 Å². The van der Waals surface area contributed by atoms with Gasteiger partial charge in [-0.3, -0.25) is 0 Å². The van der Waals surface area contributed by atoms with E-state index < -0.39 is 5.30 Å². The first-order chi connectivity index (χ1) is 6.01. The van der Waals surface area contributed by atoms with Gasteiger partial charge in [-0.05, 0) is 23.0 Å². The van der Waals surface area contributed by atoms with Gasteiger partial charge in [-0.2, -0.15) is 0 Å². The van der Waals surface area contributed by atoms with Crippen molar-refractivity contribution in [2.45, 2.75) is 11.8 Å². The lowest BCUT2D eigenvalue weighted by molar-refractivity contribution is 0.318. The fraction of sp³-hybridized carbons (Fsp3) is 0.250. The molecule has 0 aliphatic rings. The number of hydrogen-bond donors (Lipinski definition) is 1. The lowest BCUT2D eigenvalue weighted by atomic mass is 9.52. The Balaban J connectivity index is 2.70. The molecule has 0 saturated heterocycles. The predicted molar refractivity (Wildman–Crippen MR) is 55.0 cm³/mol. The van der Waals surface area contributed by atoms with Crippen molar-refractivity contribution < 1.29 is 4.74 Å². The van der Waals surface area contributed by atoms with Gasteiger partial charge in [0.1, 0.15) is 29.3 Å². The minimum absolute atomic E-state index is 0.485. The highest BCUT2D eigenvalue weighted by molar-refractivity contribution is 6.58. The Morgan fingerprint density at radius 1 is 1.15 bits per heavy atom. The van der Waals surface area contributed by atoms with E-state index in [-0.39, 0.29) is 0 Å². The third kappa shape index (κ3) is 3.60. The van der Waals surface area contributed by atoms with Crippen LogP contribution in [0.1, 0.15) is 5.56 Å². The molecule has 0 bridgehead atoms. The maximum absolute atomic E-state index is 5.41. The monoisotopic (exact) mass is 167 g/mol. The Bertz CT molecular complexity index is 268. The Kier molecular flexibility index (Phi) is 3.09. The quantitative estimate of drug-likeness (QED) is 0.623. The second-order valence-corrected chi connectivity index (χ2v) is 2.80. The molecule has 5 heteroatoms. The van der Waals surface area contributed by atoms with Crippen LogP contribution in [-0.2, 0) is 6.54 Å². The average Bonchev–Trinajstić information content (AvgIpc) is 2.03. The fourth-order valence-corrected chi connectivity index (χ4v) is 0.898. The average molecular weight is 167 g/mol. The van der Waals surface area contributed by atoms with Crippen molar-refractivity contribution in [2.75, 3.05) is 0 Å². The summed E-state index contributed by atoms with van der Waals surface area (Å²) in [6, 6.07) is 7.06. The molecule has 60 valence electrons. The van der Waals surface area contributed by atoms with E-state index in [9.17, 15) is 0 Å². The Morgan fingerprint density at radius 2 is 1.69 bits per heavy atom. The van der Waals surface area contributed by atoms with Gasteiger partial charge < -0.3 is 10.5 Å². The molecule has 6 radical (unpaired) electrons. The lowest BCUT2D eigenvalue weighted by Gasteiger charge is -2.23. The van der Waals surface area contributed by atoms with Crippen molar-refractivity contribution in [3.8, 4) is 5.75 Å². The van der Waals surface area contributed by atoms with Crippen LogP contribution in [0.5, 0.6) is 5.75 Å². The fourth-order valence-electron chi connectivity index (χ4n) is 0.898. The number of ether oxygens (including phenoxy) is 1. The lowest BCUT2D eigenvalue weighted by Crippen LogP contribution is -2.37. The molecule has 1 rings (SSSR count). The summed E-state index contributed by atoms with van der Waals surface area (Å²) in [6.07, 6.45) is 0. The summed E-state index contributed by atoms with van der Waals surface area (Å²) in [4.78, 5) is 0. The summed E-state index contributed by atoms with van der Waals surface area (Å²) < 4.78 is 4.99. The first-order valence-electron chi connectivity index (χ1n) is 3.86. The number of nitrogens with two attached hydrogens (primary N) is 1. The highest BCUT2D eigenvalue weighted by atomic mass is 16.5. The summed E-state index contributed by atoms with van der Waals surface area (Å²) in [5.41, 5.74) is 6.42. The highest BCUT2D eigenvalue weighted by Gasteiger charge is 2.09. The second kappa shape index (κ2) is 3.92. The summed E-state index contributed by atoms with van der Waals surface area (Å²) in [6.45, 7) is 0.485. The summed E-state index contributed by atoms with van der Waals surface area (Å²) >= 11 is 0. The van der Waals surface area contributed by atoms with E-state index in [1.165, 1.54) is 0 Å². The Hall–Kier alpha value is -0.825. The molecule has 0 amide bonds. The summed E-state index contributed by atoms with van der Waals surface area (Å²) in [7, 11) is 15.7. The van der Waals surface area contributed by atoms with Crippen molar-refractivity contribution in [3.63, 3.8) is 0 Å². The van der Waals surface area contributed by atoms with Gasteiger partial charge in [0.05, 0.1) is 0 Å². The third-order valence-corrected chi connectivity index (χ3v) is 1.45. The highest BCUT2D eigenvalue weighted by Crippen LogP contribution is 2.14. The minimum Gasteiger partial charge on any atom is -0.516 e. The standard InChI is InChI=1S/C8H8B3NO/c9-8(10,11)13-7-3-1-6(5-12)2-4-7/h1-4H,5,12H2. The summed E-state index contributed by atoms with van der Waals surface area (Å²) in [5, 5.41) is -1.63. The van der Waals surface area contributed by atoms with Gasteiger partial charge in [0.2, 0.25) is 0 Å². The largest absolute Gasteiger partial charge is 0.516 e. The summed E-state index contributed by atoms with van der Waals surface area (Å²) in [5.74, 6) is 0.518. The van der Waals surface area contributed by atoms with E-state index in [1.54, 1.807) is 12.1 Å². The van der Waals surface area contributed by atoms with Crippen LogP contribution in [0.25, 0.3) is 0 Å². The number of rotatable bonds is 3. The van der Waals surface area contributed by atoms with Gasteiger partial charge in [0, 0.05) is 6.54 Å². The van der Waals surface area contributed by atoms with Crippen LogP contribution in [-0.4, -0.2) is 28.8 Å².